The minimum Gasteiger partial charge on any atom is -0.355 e. The maximum Gasteiger partial charge on any atom is 0.322 e. The Bertz CT molecular complexity index is 709. The van der Waals surface area contributed by atoms with Crippen LogP contribution in [0.5, 0.6) is 0 Å². The molecule has 0 unspecified atom stereocenters. The molecule has 4 N–H and O–H groups in total. The van der Waals surface area contributed by atoms with Gasteiger partial charge in [-0.15, -0.1) is 11.8 Å². The van der Waals surface area contributed by atoms with Crippen LogP contribution in [-0.2, 0) is 9.59 Å². The Morgan fingerprint density at radius 3 is 2.56 bits per heavy atom. The van der Waals surface area contributed by atoms with Gasteiger partial charge < -0.3 is 16.0 Å². The van der Waals surface area contributed by atoms with Crippen LogP contribution in [0.4, 0.5) is 4.79 Å². The molecule has 2 rings (SSSR count). The lowest BCUT2D eigenvalue weighted by Crippen LogP contribution is -2.46. The highest BCUT2D eigenvalue weighted by atomic mass is 32.2. The molecule has 1 heterocycles. The molecule has 0 saturated carbocycles. The zero-order chi connectivity index (χ0) is 18.4. The Morgan fingerprint density at radius 1 is 1.20 bits per heavy atom. The summed E-state index contributed by atoms with van der Waals surface area (Å²) >= 11 is 1.28. The van der Waals surface area contributed by atoms with Crippen molar-refractivity contribution >= 4 is 35.5 Å². The fraction of sp³-hybridized carbons (Fsp3) is 0.375. The van der Waals surface area contributed by atoms with Crippen molar-refractivity contribution in [1.29, 1.82) is 0 Å². The quantitative estimate of drug-likeness (QED) is 0.409. The van der Waals surface area contributed by atoms with Crippen molar-refractivity contribution in [2.45, 2.75) is 24.3 Å². The minimum absolute atomic E-state index is 0.109. The van der Waals surface area contributed by atoms with Crippen molar-refractivity contribution in [3.8, 4) is 0 Å². The smallest absolute Gasteiger partial charge is 0.322 e. The molecule has 0 aromatic heterocycles. The number of carbonyl (C=O) groups excluding carboxylic acids is 4. The van der Waals surface area contributed by atoms with E-state index in [1.165, 1.54) is 11.8 Å². The third kappa shape index (κ3) is 4.72. The second kappa shape index (κ2) is 8.02. The molecule has 1 aromatic rings. The SMILES string of the molecule is CCNC(=O)CNC(=O)c1ccccc1SC[C@]1(C)NC(=O)NC1=O. The summed E-state index contributed by atoms with van der Waals surface area (Å²) in [6.07, 6.45) is 0. The van der Waals surface area contributed by atoms with Crippen LogP contribution in [-0.4, -0.2) is 48.1 Å². The average molecular weight is 364 g/mol. The number of nitrogens with one attached hydrogen (secondary N) is 4. The molecule has 0 aliphatic carbocycles. The Balaban J connectivity index is 2.03. The minimum atomic E-state index is -1.04. The van der Waals surface area contributed by atoms with Crippen molar-refractivity contribution < 1.29 is 19.2 Å². The van der Waals surface area contributed by atoms with Crippen molar-refractivity contribution in [2.24, 2.45) is 0 Å². The van der Waals surface area contributed by atoms with Gasteiger partial charge in [0.15, 0.2) is 0 Å². The van der Waals surface area contributed by atoms with E-state index in [-0.39, 0.29) is 24.1 Å². The molecular weight excluding hydrogens is 344 g/mol. The molecule has 134 valence electrons. The van der Waals surface area contributed by atoms with Gasteiger partial charge in [0.25, 0.3) is 11.8 Å². The Morgan fingerprint density at radius 2 is 1.92 bits per heavy atom. The van der Waals surface area contributed by atoms with Crippen LogP contribution in [0.3, 0.4) is 0 Å². The maximum atomic E-state index is 12.3. The van der Waals surface area contributed by atoms with Gasteiger partial charge in [-0.05, 0) is 26.0 Å². The highest BCUT2D eigenvalue weighted by molar-refractivity contribution is 7.99. The van der Waals surface area contributed by atoms with E-state index in [1.807, 2.05) is 0 Å². The van der Waals surface area contributed by atoms with E-state index in [2.05, 4.69) is 21.3 Å². The van der Waals surface area contributed by atoms with Crippen LogP contribution < -0.4 is 21.3 Å². The highest BCUT2D eigenvalue weighted by Gasteiger charge is 2.41. The molecule has 1 atom stereocenters. The lowest BCUT2D eigenvalue weighted by atomic mass is 10.1. The van der Waals surface area contributed by atoms with Gasteiger partial charge in [-0.1, -0.05) is 12.1 Å². The number of hydrogen-bond acceptors (Lipinski definition) is 5. The summed E-state index contributed by atoms with van der Waals surface area (Å²) in [4.78, 5) is 47.6. The molecule has 9 heteroatoms. The molecule has 0 bridgehead atoms. The molecule has 0 spiro atoms. The van der Waals surface area contributed by atoms with E-state index >= 15 is 0 Å². The van der Waals surface area contributed by atoms with Gasteiger partial charge in [0.1, 0.15) is 5.54 Å². The molecule has 1 aliphatic rings. The topological polar surface area (TPSA) is 116 Å². The first-order chi connectivity index (χ1) is 11.9. The normalized spacial score (nSPS) is 19.1. The Labute approximate surface area is 149 Å². The van der Waals surface area contributed by atoms with Crippen LogP contribution in [0, 0.1) is 0 Å². The van der Waals surface area contributed by atoms with Crippen molar-refractivity contribution in [1.82, 2.24) is 21.3 Å². The summed E-state index contributed by atoms with van der Waals surface area (Å²) in [7, 11) is 0. The maximum absolute atomic E-state index is 12.3. The van der Waals surface area contributed by atoms with Gasteiger partial charge in [-0.25, -0.2) is 4.79 Å². The lowest BCUT2D eigenvalue weighted by molar-refractivity contribution is -0.122. The Hall–Kier alpha value is -2.55. The zero-order valence-electron chi connectivity index (χ0n) is 14.0. The van der Waals surface area contributed by atoms with Gasteiger partial charge in [-0.2, -0.15) is 0 Å². The van der Waals surface area contributed by atoms with Crippen molar-refractivity contribution in [2.75, 3.05) is 18.8 Å². The van der Waals surface area contributed by atoms with E-state index in [9.17, 15) is 19.2 Å². The molecular formula is C16H20N4O4S. The fourth-order valence-electron chi connectivity index (χ4n) is 2.20. The molecule has 1 aromatic carbocycles. The van der Waals surface area contributed by atoms with Gasteiger partial charge in [0, 0.05) is 17.2 Å². The number of rotatable bonds is 7. The van der Waals surface area contributed by atoms with E-state index < -0.39 is 17.5 Å². The van der Waals surface area contributed by atoms with Gasteiger partial charge in [0.05, 0.1) is 12.1 Å². The Kier molecular flexibility index (Phi) is 6.02. The second-order valence-corrected chi connectivity index (χ2v) is 6.68. The predicted molar refractivity (Wildman–Crippen MR) is 93.3 cm³/mol. The third-order valence-corrected chi connectivity index (χ3v) is 4.94. The number of urea groups is 1. The summed E-state index contributed by atoms with van der Waals surface area (Å²) in [6, 6.07) is 6.37. The first-order valence-corrected chi connectivity index (χ1v) is 8.74. The number of likely N-dealkylation sites (N-methyl/N-ethyl adjacent to an activating group) is 1. The molecule has 1 saturated heterocycles. The van der Waals surface area contributed by atoms with Crippen LogP contribution in [0.1, 0.15) is 24.2 Å². The summed E-state index contributed by atoms with van der Waals surface area (Å²) < 4.78 is 0. The van der Waals surface area contributed by atoms with E-state index in [1.54, 1.807) is 38.1 Å². The van der Waals surface area contributed by atoms with Crippen LogP contribution >= 0.6 is 11.8 Å². The molecule has 1 aliphatic heterocycles. The van der Waals surface area contributed by atoms with Gasteiger partial charge in [0.2, 0.25) is 5.91 Å². The number of amides is 5. The van der Waals surface area contributed by atoms with Crippen molar-refractivity contribution in [3.05, 3.63) is 29.8 Å². The highest BCUT2D eigenvalue weighted by Crippen LogP contribution is 2.27. The largest absolute Gasteiger partial charge is 0.355 e. The first kappa shape index (κ1) is 18.8. The molecule has 0 radical (unpaired) electrons. The molecule has 25 heavy (non-hydrogen) atoms. The number of hydrogen-bond donors (Lipinski definition) is 4. The standard InChI is InChI=1S/C16H20N4O4S/c1-3-17-12(21)8-18-13(22)10-6-4-5-7-11(10)25-9-16(2)14(23)19-15(24)20-16/h4-7H,3,8-9H2,1-2H3,(H,17,21)(H,18,22)(H2,19,20,23,24)/t16-/m0/s1. The summed E-state index contributed by atoms with van der Waals surface area (Å²) in [6.45, 7) is 3.80. The molecule has 1 fully saturated rings. The van der Waals surface area contributed by atoms with Gasteiger partial charge in [-0.3, -0.25) is 19.7 Å². The third-order valence-electron chi connectivity index (χ3n) is 3.55. The lowest BCUT2D eigenvalue weighted by Gasteiger charge is -2.20. The van der Waals surface area contributed by atoms with E-state index in [0.717, 1.165) is 0 Å². The zero-order valence-corrected chi connectivity index (χ0v) is 14.8. The first-order valence-electron chi connectivity index (χ1n) is 7.76. The summed E-state index contributed by atoms with van der Waals surface area (Å²) in [5.41, 5.74) is -0.628. The number of carbonyl (C=O) groups is 4. The average Bonchev–Trinajstić information content (AvgIpc) is 2.84. The summed E-state index contributed by atoms with van der Waals surface area (Å²) in [5.74, 6) is -0.771. The second-order valence-electron chi connectivity index (χ2n) is 5.66. The molecule has 5 amide bonds. The molecule has 8 nitrogen and oxygen atoms in total. The van der Waals surface area contributed by atoms with E-state index in [0.29, 0.717) is 17.0 Å². The fourth-order valence-corrected chi connectivity index (χ4v) is 3.34. The van der Waals surface area contributed by atoms with Crippen molar-refractivity contribution in [3.63, 3.8) is 0 Å². The number of benzene rings is 1. The number of thioether (sulfide) groups is 1. The van der Waals surface area contributed by atoms with Gasteiger partial charge >= 0.3 is 6.03 Å². The summed E-state index contributed by atoms with van der Waals surface area (Å²) in [5, 5.41) is 9.94. The number of imide groups is 1. The predicted octanol–water partition coefficient (Wildman–Crippen LogP) is 0.243. The van der Waals surface area contributed by atoms with Crippen LogP contribution in [0.15, 0.2) is 29.2 Å². The van der Waals surface area contributed by atoms with E-state index in [4.69, 9.17) is 0 Å². The monoisotopic (exact) mass is 364 g/mol. The van der Waals surface area contributed by atoms with Crippen LogP contribution in [0.2, 0.25) is 0 Å². The van der Waals surface area contributed by atoms with Crippen LogP contribution in [0.25, 0.3) is 0 Å².